The third kappa shape index (κ3) is 4.50. The van der Waals surface area contributed by atoms with Crippen LogP contribution in [0.4, 0.5) is 0 Å². The lowest BCUT2D eigenvalue weighted by atomic mass is 10.2. The Hall–Kier alpha value is -3.88. The Kier molecular flexibility index (Phi) is 5.57. The second kappa shape index (κ2) is 8.47. The standard InChI is InChI=1S/C22H22N4O5/c1-14-10-19(27)22(29)15(2)26(14)9-3-8-25-12-17(23-24-25)13-30-18-6-4-16-5-7-21(28)31-20(16)11-18/h4-7,10-12,29H,3,8-9,13H2,1-2H3. The summed E-state index contributed by atoms with van der Waals surface area (Å²) in [5.41, 5.74) is 1.73. The van der Waals surface area contributed by atoms with Gasteiger partial charge in [-0.1, -0.05) is 5.21 Å². The molecule has 0 saturated carbocycles. The Morgan fingerprint density at radius 1 is 1.10 bits per heavy atom. The Morgan fingerprint density at radius 3 is 2.74 bits per heavy atom. The molecule has 31 heavy (non-hydrogen) atoms. The lowest BCUT2D eigenvalue weighted by molar-refractivity contribution is 0.301. The first kappa shape index (κ1) is 20.4. The number of hydrogen-bond donors (Lipinski definition) is 1. The van der Waals surface area contributed by atoms with Crippen LogP contribution in [0, 0.1) is 13.8 Å². The number of aromatic nitrogens is 4. The molecule has 9 heteroatoms. The molecule has 0 aliphatic carbocycles. The van der Waals surface area contributed by atoms with E-state index in [1.165, 1.54) is 12.1 Å². The molecule has 4 rings (SSSR count). The maximum absolute atomic E-state index is 11.6. The average Bonchev–Trinajstić information content (AvgIpc) is 3.20. The van der Waals surface area contributed by atoms with E-state index in [1.54, 1.807) is 29.8 Å². The van der Waals surface area contributed by atoms with Crippen LogP contribution < -0.4 is 15.8 Å². The van der Waals surface area contributed by atoms with E-state index in [0.717, 1.165) is 17.5 Å². The Morgan fingerprint density at radius 2 is 1.90 bits per heavy atom. The zero-order chi connectivity index (χ0) is 22.0. The van der Waals surface area contributed by atoms with E-state index >= 15 is 0 Å². The van der Waals surface area contributed by atoms with Gasteiger partial charge in [0.2, 0.25) is 5.43 Å². The van der Waals surface area contributed by atoms with Crippen LogP contribution in [0.3, 0.4) is 0 Å². The van der Waals surface area contributed by atoms with Crippen molar-refractivity contribution in [2.24, 2.45) is 0 Å². The number of aromatic hydroxyl groups is 1. The minimum absolute atomic E-state index is 0.209. The fourth-order valence-electron chi connectivity index (χ4n) is 3.44. The van der Waals surface area contributed by atoms with Crippen molar-refractivity contribution in [1.29, 1.82) is 0 Å². The highest BCUT2D eigenvalue weighted by molar-refractivity contribution is 5.77. The number of benzene rings is 1. The molecule has 0 radical (unpaired) electrons. The molecule has 160 valence electrons. The second-order valence-electron chi connectivity index (χ2n) is 7.30. The summed E-state index contributed by atoms with van der Waals surface area (Å²) in [6.07, 6.45) is 2.56. The van der Waals surface area contributed by atoms with Gasteiger partial charge in [0.05, 0.1) is 11.9 Å². The van der Waals surface area contributed by atoms with Gasteiger partial charge in [0.1, 0.15) is 23.6 Å². The molecule has 0 aliphatic rings. The third-order valence-corrected chi connectivity index (χ3v) is 5.08. The monoisotopic (exact) mass is 422 g/mol. The molecule has 3 heterocycles. The summed E-state index contributed by atoms with van der Waals surface area (Å²) in [6.45, 7) is 5.07. The number of pyridine rings is 1. The van der Waals surface area contributed by atoms with Gasteiger partial charge >= 0.3 is 5.63 Å². The normalized spacial score (nSPS) is 11.2. The number of hydrogen-bond acceptors (Lipinski definition) is 7. The maximum atomic E-state index is 11.6. The van der Waals surface area contributed by atoms with E-state index < -0.39 is 5.63 Å². The van der Waals surface area contributed by atoms with E-state index in [9.17, 15) is 14.7 Å². The molecule has 9 nitrogen and oxygen atoms in total. The molecule has 1 N–H and O–H groups in total. The minimum atomic E-state index is -0.407. The number of aryl methyl sites for hydroxylation is 2. The predicted molar refractivity (Wildman–Crippen MR) is 113 cm³/mol. The van der Waals surface area contributed by atoms with Crippen LogP contribution >= 0.6 is 0 Å². The highest BCUT2D eigenvalue weighted by Gasteiger charge is 2.09. The van der Waals surface area contributed by atoms with Crippen LogP contribution in [-0.2, 0) is 19.7 Å². The first-order valence-electron chi connectivity index (χ1n) is 9.86. The summed E-state index contributed by atoms with van der Waals surface area (Å²) in [4.78, 5) is 23.0. The molecule has 0 atom stereocenters. The summed E-state index contributed by atoms with van der Waals surface area (Å²) < 4.78 is 14.6. The van der Waals surface area contributed by atoms with Crippen LogP contribution in [-0.4, -0.2) is 24.7 Å². The molecule has 0 amide bonds. The Balaban J connectivity index is 1.34. The van der Waals surface area contributed by atoms with Gasteiger partial charge in [-0.15, -0.1) is 5.10 Å². The minimum Gasteiger partial charge on any atom is -0.503 e. The van der Waals surface area contributed by atoms with Gasteiger partial charge in [0, 0.05) is 42.4 Å². The van der Waals surface area contributed by atoms with Crippen LogP contribution in [0.15, 0.2) is 56.6 Å². The Bertz CT molecular complexity index is 1350. The van der Waals surface area contributed by atoms with Crippen molar-refractivity contribution < 1.29 is 14.3 Å². The number of ether oxygens (including phenoxy) is 1. The summed E-state index contributed by atoms with van der Waals surface area (Å²) in [5.74, 6) is 0.360. The molecule has 0 saturated heterocycles. The van der Waals surface area contributed by atoms with Gasteiger partial charge in [0.15, 0.2) is 5.75 Å². The van der Waals surface area contributed by atoms with Gasteiger partial charge in [-0.2, -0.15) is 0 Å². The molecule has 0 fully saturated rings. The van der Waals surface area contributed by atoms with Gasteiger partial charge in [0.25, 0.3) is 0 Å². The topological polar surface area (TPSA) is 112 Å². The van der Waals surface area contributed by atoms with Crippen molar-refractivity contribution in [1.82, 2.24) is 19.6 Å². The fourth-order valence-corrected chi connectivity index (χ4v) is 3.44. The number of nitrogens with zero attached hydrogens (tertiary/aromatic N) is 4. The molecule has 1 aromatic carbocycles. The van der Waals surface area contributed by atoms with Crippen LogP contribution in [0.2, 0.25) is 0 Å². The second-order valence-corrected chi connectivity index (χ2v) is 7.30. The lowest BCUT2D eigenvalue weighted by Crippen LogP contribution is -2.15. The van der Waals surface area contributed by atoms with E-state index in [0.29, 0.717) is 35.8 Å². The zero-order valence-electron chi connectivity index (χ0n) is 17.2. The van der Waals surface area contributed by atoms with Gasteiger partial charge < -0.3 is 18.8 Å². The van der Waals surface area contributed by atoms with Crippen molar-refractivity contribution in [2.45, 2.75) is 40.0 Å². The summed E-state index contributed by atoms with van der Waals surface area (Å²) in [5, 5.41) is 18.9. The largest absolute Gasteiger partial charge is 0.503 e. The van der Waals surface area contributed by atoms with Gasteiger partial charge in [-0.25, -0.2) is 4.79 Å². The molecular formula is C22H22N4O5. The highest BCUT2D eigenvalue weighted by atomic mass is 16.5. The SMILES string of the molecule is Cc1cc(=O)c(O)c(C)n1CCCn1cc(COc2ccc3ccc(=O)oc3c2)nn1. The smallest absolute Gasteiger partial charge is 0.336 e. The van der Waals surface area contributed by atoms with Gasteiger partial charge in [-0.3, -0.25) is 9.48 Å². The van der Waals surface area contributed by atoms with Gasteiger partial charge in [-0.05, 0) is 38.5 Å². The summed E-state index contributed by atoms with van der Waals surface area (Å²) >= 11 is 0. The molecule has 3 aromatic heterocycles. The lowest BCUT2D eigenvalue weighted by Gasteiger charge is -2.15. The highest BCUT2D eigenvalue weighted by Crippen LogP contribution is 2.20. The molecule has 4 aromatic rings. The molecule has 0 aliphatic heterocycles. The number of fused-ring (bicyclic) bond motifs is 1. The third-order valence-electron chi connectivity index (χ3n) is 5.08. The van der Waals surface area contributed by atoms with E-state index in [-0.39, 0.29) is 17.8 Å². The van der Waals surface area contributed by atoms with Crippen LogP contribution in [0.5, 0.6) is 11.5 Å². The summed E-state index contributed by atoms with van der Waals surface area (Å²) in [7, 11) is 0. The molecule has 0 spiro atoms. The van der Waals surface area contributed by atoms with E-state index in [4.69, 9.17) is 9.15 Å². The molecule has 0 bridgehead atoms. The zero-order valence-corrected chi connectivity index (χ0v) is 17.2. The summed E-state index contributed by atoms with van der Waals surface area (Å²) in [6, 6.07) is 9.81. The average molecular weight is 422 g/mol. The van der Waals surface area contributed by atoms with Crippen molar-refractivity contribution in [3.05, 3.63) is 80.3 Å². The van der Waals surface area contributed by atoms with E-state index in [1.807, 2.05) is 23.8 Å². The quantitative estimate of drug-likeness (QED) is 0.456. The fraction of sp³-hybridized carbons (Fsp3) is 0.273. The maximum Gasteiger partial charge on any atom is 0.336 e. The van der Waals surface area contributed by atoms with Crippen molar-refractivity contribution >= 4 is 11.0 Å². The molecular weight excluding hydrogens is 400 g/mol. The van der Waals surface area contributed by atoms with Crippen molar-refractivity contribution in [3.8, 4) is 11.5 Å². The van der Waals surface area contributed by atoms with Crippen molar-refractivity contribution in [3.63, 3.8) is 0 Å². The predicted octanol–water partition coefficient (Wildman–Crippen LogP) is 2.54. The van der Waals surface area contributed by atoms with Crippen LogP contribution in [0.25, 0.3) is 11.0 Å². The Labute approximate surface area is 177 Å². The van der Waals surface area contributed by atoms with Crippen molar-refractivity contribution in [2.75, 3.05) is 0 Å². The molecule has 0 unspecified atom stereocenters. The first-order chi connectivity index (χ1) is 14.9. The van der Waals surface area contributed by atoms with Crippen LogP contribution in [0.1, 0.15) is 23.5 Å². The first-order valence-corrected chi connectivity index (χ1v) is 9.86. The van der Waals surface area contributed by atoms with E-state index in [2.05, 4.69) is 10.3 Å². The number of rotatable bonds is 7.